The molecule has 0 aromatic carbocycles. The molecule has 16 heavy (non-hydrogen) atoms. The highest BCUT2D eigenvalue weighted by Gasteiger charge is 2.03. The van der Waals surface area contributed by atoms with Gasteiger partial charge in [-0.1, -0.05) is 13.8 Å². The van der Waals surface area contributed by atoms with Gasteiger partial charge in [-0.25, -0.2) is 8.42 Å². The van der Waals surface area contributed by atoms with E-state index in [1.54, 1.807) is 0 Å². The highest BCUT2D eigenvalue weighted by molar-refractivity contribution is 8.13. The highest BCUT2D eigenvalue weighted by atomic mass is 35.7. The Labute approximate surface area is 103 Å². The van der Waals surface area contributed by atoms with Crippen molar-refractivity contribution in [2.45, 2.75) is 26.7 Å². The Bertz CT molecular complexity index is 252. The second-order valence-corrected chi connectivity index (χ2v) is 6.93. The van der Waals surface area contributed by atoms with Crippen LogP contribution < -0.4 is 0 Å². The molecular weight excluding hydrogens is 252 g/mol. The van der Waals surface area contributed by atoms with Crippen molar-refractivity contribution in [1.29, 1.82) is 0 Å². The van der Waals surface area contributed by atoms with Crippen molar-refractivity contribution in [3.8, 4) is 0 Å². The molecule has 0 bridgehead atoms. The van der Waals surface area contributed by atoms with Crippen LogP contribution in [0.5, 0.6) is 0 Å². The van der Waals surface area contributed by atoms with Gasteiger partial charge in [-0.15, -0.1) is 0 Å². The molecule has 0 amide bonds. The lowest BCUT2D eigenvalue weighted by Crippen LogP contribution is -2.09. The molecule has 0 atom stereocenters. The maximum Gasteiger partial charge on any atom is 0.232 e. The molecule has 0 aliphatic heterocycles. The summed E-state index contributed by atoms with van der Waals surface area (Å²) in [7, 11) is 1.71. The maximum absolute atomic E-state index is 10.6. The molecule has 0 heterocycles. The van der Waals surface area contributed by atoms with Crippen molar-refractivity contribution in [3.63, 3.8) is 0 Å². The van der Waals surface area contributed by atoms with Crippen LogP contribution in [-0.2, 0) is 18.5 Å². The monoisotopic (exact) mass is 272 g/mol. The Morgan fingerprint density at radius 1 is 1.06 bits per heavy atom. The van der Waals surface area contributed by atoms with E-state index < -0.39 is 9.05 Å². The standard InChI is InChI=1S/C10H21ClO4S/c1-10(2)9-15-7-6-14-5-3-4-8-16(11,12)13/h10H,3-9H2,1-2H3. The Hall–Kier alpha value is 0.160. The second-order valence-electron chi connectivity index (χ2n) is 4.03. The lowest BCUT2D eigenvalue weighted by atomic mass is 10.2. The van der Waals surface area contributed by atoms with Crippen molar-refractivity contribution in [2.75, 3.05) is 32.2 Å². The van der Waals surface area contributed by atoms with Crippen LogP contribution in [-0.4, -0.2) is 40.6 Å². The van der Waals surface area contributed by atoms with Crippen LogP contribution in [0.1, 0.15) is 26.7 Å². The van der Waals surface area contributed by atoms with E-state index in [2.05, 4.69) is 13.8 Å². The maximum atomic E-state index is 10.6. The first kappa shape index (κ1) is 16.2. The zero-order valence-corrected chi connectivity index (χ0v) is 11.5. The zero-order valence-electron chi connectivity index (χ0n) is 9.95. The van der Waals surface area contributed by atoms with Crippen LogP contribution >= 0.6 is 10.7 Å². The molecule has 0 spiro atoms. The molecule has 0 aliphatic carbocycles. The first-order valence-electron chi connectivity index (χ1n) is 5.49. The largest absolute Gasteiger partial charge is 0.379 e. The predicted molar refractivity (Wildman–Crippen MR) is 65.3 cm³/mol. The summed E-state index contributed by atoms with van der Waals surface area (Å²) < 4.78 is 31.7. The molecule has 0 aromatic heterocycles. The normalized spacial score (nSPS) is 12.2. The molecule has 4 nitrogen and oxygen atoms in total. The van der Waals surface area contributed by atoms with E-state index in [-0.39, 0.29) is 5.75 Å². The van der Waals surface area contributed by atoms with Gasteiger partial charge in [0.2, 0.25) is 9.05 Å². The van der Waals surface area contributed by atoms with Crippen LogP contribution in [0.4, 0.5) is 0 Å². The summed E-state index contributed by atoms with van der Waals surface area (Å²) in [5.74, 6) is 0.552. The smallest absolute Gasteiger partial charge is 0.232 e. The zero-order chi connectivity index (χ0) is 12.4. The Balaban J connectivity index is 3.10. The van der Waals surface area contributed by atoms with Gasteiger partial charge in [0.15, 0.2) is 0 Å². The van der Waals surface area contributed by atoms with Gasteiger partial charge in [0.05, 0.1) is 19.0 Å². The number of ether oxygens (including phenoxy) is 2. The van der Waals surface area contributed by atoms with E-state index in [9.17, 15) is 8.42 Å². The molecule has 0 aliphatic rings. The van der Waals surface area contributed by atoms with Crippen molar-refractivity contribution in [2.24, 2.45) is 5.92 Å². The molecule has 0 saturated carbocycles. The van der Waals surface area contributed by atoms with Crippen LogP contribution in [0.25, 0.3) is 0 Å². The Kier molecular flexibility index (Phi) is 9.31. The summed E-state index contributed by atoms with van der Waals surface area (Å²) in [5, 5.41) is 0. The average molecular weight is 273 g/mol. The van der Waals surface area contributed by atoms with Crippen molar-refractivity contribution in [1.82, 2.24) is 0 Å². The number of rotatable bonds is 10. The van der Waals surface area contributed by atoms with E-state index in [0.29, 0.717) is 38.6 Å². The average Bonchev–Trinajstić information content (AvgIpc) is 2.13. The van der Waals surface area contributed by atoms with Crippen LogP contribution in [0.3, 0.4) is 0 Å². The van der Waals surface area contributed by atoms with Gasteiger partial charge in [0.1, 0.15) is 0 Å². The minimum atomic E-state index is -3.34. The van der Waals surface area contributed by atoms with Crippen molar-refractivity contribution in [3.05, 3.63) is 0 Å². The fourth-order valence-corrected chi connectivity index (χ4v) is 1.89. The van der Waals surface area contributed by atoms with Gasteiger partial charge in [-0.05, 0) is 18.8 Å². The first-order chi connectivity index (χ1) is 7.42. The molecule has 0 unspecified atom stereocenters. The minimum Gasteiger partial charge on any atom is -0.379 e. The summed E-state index contributed by atoms with van der Waals surface area (Å²) in [6.07, 6.45) is 1.24. The Morgan fingerprint density at radius 3 is 2.25 bits per heavy atom. The molecule has 0 N–H and O–H groups in total. The predicted octanol–water partition coefficient (Wildman–Crippen LogP) is 2.02. The SMILES string of the molecule is CC(C)COCCOCCCCS(=O)(=O)Cl. The van der Waals surface area contributed by atoms with Crippen LogP contribution in [0.15, 0.2) is 0 Å². The van der Waals surface area contributed by atoms with Crippen molar-refractivity contribution < 1.29 is 17.9 Å². The van der Waals surface area contributed by atoms with Gasteiger partial charge in [-0.3, -0.25) is 0 Å². The molecule has 0 radical (unpaired) electrons. The topological polar surface area (TPSA) is 52.6 Å². The van der Waals surface area contributed by atoms with E-state index in [1.165, 1.54) is 0 Å². The molecule has 0 fully saturated rings. The number of hydrogen-bond acceptors (Lipinski definition) is 4. The fraction of sp³-hybridized carbons (Fsp3) is 1.00. The summed E-state index contributed by atoms with van der Waals surface area (Å²) >= 11 is 0. The van der Waals surface area contributed by atoms with Crippen LogP contribution in [0, 0.1) is 5.92 Å². The molecule has 0 aromatic rings. The molecular formula is C10H21ClO4S. The van der Waals surface area contributed by atoms with Gasteiger partial charge in [0.25, 0.3) is 0 Å². The lowest BCUT2D eigenvalue weighted by molar-refractivity contribution is 0.0370. The highest BCUT2D eigenvalue weighted by Crippen LogP contribution is 2.01. The number of hydrogen-bond donors (Lipinski definition) is 0. The lowest BCUT2D eigenvalue weighted by Gasteiger charge is -2.07. The third-order valence-corrected chi connectivity index (χ3v) is 2.99. The van der Waals surface area contributed by atoms with Gasteiger partial charge >= 0.3 is 0 Å². The molecule has 98 valence electrons. The van der Waals surface area contributed by atoms with E-state index in [1.807, 2.05) is 0 Å². The third kappa shape index (κ3) is 14.2. The van der Waals surface area contributed by atoms with Crippen molar-refractivity contribution >= 4 is 19.7 Å². The van der Waals surface area contributed by atoms with Gasteiger partial charge in [-0.2, -0.15) is 0 Å². The van der Waals surface area contributed by atoms with Gasteiger partial charge in [0, 0.05) is 23.9 Å². The summed E-state index contributed by atoms with van der Waals surface area (Å²) in [4.78, 5) is 0. The molecule has 0 rings (SSSR count). The van der Waals surface area contributed by atoms with Crippen LogP contribution in [0.2, 0.25) is 0 Å². The first-order valence-corrected chi connectivity index (χ1v) is 7.97. The summed E-state index contributed by atoms with van der Waals surface area (Å²) in [6, 6.07) is 0. The van der Waals surface area contributed by atoms with E-state index >= 15 is 0 Å². The second kappa shape index (κ2) is 9.22. The molecule has 0 saturated heterocycles. The van der Waals surface area contributed by atoms with E-state index in [4.69, 9.17) is 20.2 Å². The fourth-order valence-electron chi connectivity index (χ4n) is 1.02. The van der Waals surface area contributed by atoms with Gasteiger partial charge < -0.3 is 9.47 Å². The molecule has 6 heteroatoms. The minimum absolute atomic E-state index is 0.0156. The third-order valence-electron chi connectivity index (χ3n) is 1.75. The quantitative estimate of drug-likeness (QED) is 0.451. The summed E-state index contributed by atoms with van der Waals surface area (Å²) in [6.45, 7) is 6.62. The van der Waals surface area contributed by atoms with E-state index in [0.717, 1.165) is 6.61 Å². The number of halogens is 1. The Morgan fingerprint density at radius 2 is 1.69 bits per heavy atom. The summed E-state index contributed by atoms with van der Waals surface area (Å²) in [5.41, 5.74) is 0. The number of unbranched alkanes of at least 4 members (excludes halogenated alkanes) is 1.